The van der Waals surface area contributed by atoms with Crippen molar-refractivity contribution in [2.24, 2.45) is 11.8 Å². The summed E-state index contributed by atoms with van der Waals surface area (Å²) in [5.74, 6) is 1.04. The number of aryl methyl sites for hydroxylation is 2. The lowest BCUT2D eigenvalue weighted by molar-refractivity contribution is -0.123. The Morgan fingerprint density at radius 2 is 2.06 bits per heavy atom. The highest BCUT2D eigenvalue weighted by Gasteiger charge is 2.39. The highest BCUT2D eigenvalue weighted by molar-refractivity contribution is 5.81. The molecule has 1 saturated carbocycles. The third-order valence-corrected chi connectivity index (χ3v) is 3.71. The SMILES string of the molecule is Cc1ccc(C)c([C@H](C)NC(=O)[C@@H]2C[C@@H]2C)c1. The van der Waals surface area contributed by atoms with Gasteiger partial charge in [0.25, 0.3) is 0 Å². The Labute approximate surface area is 103 Å². The van der Waals surface area contributed by atoms with E-state index in [2.05, 4.69) is 51.2 Å². The summed E-state index contributed by atoms with van der Waals surface area (Å²) in [6.07, 6.45) is 1.05. The normalized spacial score (nSPS) is 24.2. The monoisotopic (exact) mass is 231 g/mol. The number of rotatable bonds is 3. The Morgan fingerprint density at radius 3 is 2.65 bits per heavy atom. The van der Waals surface area contributed by atoms with Gasteiger partial charge >= 0.3 is 0 Å². The van der Waals surface area contributed by atoms with Gasteiger partial charge < -0.3 is 5.32 Å². The first-order valence-corrected chi connectivity index (χ1v) is 6.36. The zero-order chi connectivity index (χ0) is 12.6. The largest absolute Gasteiger partial charge is 0.349 e. The van der Waals surface area contributed by atoms with Crippen molar-refractivity contribution in [1.29, 1.82) is 0 Å². The molecule has 1 aliphatic rings. The molecular formula is C15H21NO. The Bertz CT molecular complexity index is 439. The van der Waals surface area contributed by atoms with E-state index in [1.165, 1.54) is 16.7 Å². The van der Waals surface area contributed by atoms with E-state index in [0.29, 0.717) is 5.92 Å². The van der Waals surface area contributed by atoms with Crippen LogP contribution in [0, 0.1) is 25.7 Å². The molecule has 1 aromatic carbocycles. The van der Waals surface area contributed by atoms with Gasteiger partial charge in [0.1, 0.15) is 0 Å². The molecule has 0 aliphatic heterocycles. The molecular weight excluding hydrogens is 210 g/mol. The molecule has 0 unspecified atom stereocenters. The molecule has 0 spiro atoms. The van der Waals surface area contributed by atoms with Gasteiger partial charge in [0.05, 0.1) is 6.04 Å². The van der Waals surface area contributed by atoms with E-state index in [1.807, 2.05) is 0 Å². The summed E-state index contributed by atoms with van der Waals surface area (Å²) >= 11 is 0. The molecule has 2 nitrogen and oxygen atoms in total. The van der Waals surface area contributed by atoms with E-state index in [1.54, 1.807) is 0 Å². The summed E-state index contributed by atoms with van der Waals surface area (Å²) in [6.45, 7) is 8.37. The zero-order valence-electron chi connectivity index (χ0n) is 11.1. The Morgan fingerprint density at radius 1 is 1.41 bits per heavy atom. The van der Waals surface area contributed by atoms with Gasteiger partial charge in [0.15, 0.2) is 0 Å². The van der Waals surface area contributed by atoms with E-state index in [4.69, 9.17) is 0 Å². The summed E-state index contributed by atoms with van der Waals surface area (Å²) < 4.78 is 0. The van der Waals surface area contributed by atoms with E-state index < -0.39 is 0 Å². The minimum Gasteiger partial charge on any atom is -0.349 e. The number of nitrogens with one attached hydrogen (secondary N) is 1. The quantitative estimate of drug-likeness (QED) is 0.850. The van der Waals surface area contributed by atoms with E-state index in [9.17, 15) is 4.79 Å². The number of amides is 1. The van der Waals surface area contributed by atoms with Crippen molar-refractivity contribution in [3.05, 3.63) is 34.9 Å². The molecule has 3 atom stereocenters. The van der Waals surface area contributed by atoms with Crippen LogP contribution in [0.4, 0.5) is 0 Å². The van der Waals surface area contributed by atoms with Crippen molar-refractivity contribution in [2.45, 2.75) is 40.2 Å². The molecule has 0 bridgehead atoms. The van der Waals surface area contributed by atoms with Crippen LogP contribution in [0.2, 0.25) is 0 Å². The molecule has 1 N–H and O–H groups in total. The Balaban J connectivity index is 2.06. The number of carbonyl (C=O) groups is 1. The predicted molar refractivity (Wildman–Crippen MR) is 69.7 cm³/mol. The van der Waals surface area contributed by atoms with Gasteiger partial charge in [-0.05, 0) is 44.2 Å². The number of hydrogen-bond acceptors (Lipinski definition) is 1. The third kappa shape index (κ3) is 2.68. The van der Waals surface area contributed by atoms with Crippen molar-refractivity contribution in [3.63, 3.8) is 0 Å². The fraction of sp³-hybridized carbons (Fsp3) is 0.533. The molecule has 17 heavy (non-hydrogen) atoms. The van der Waals surface area contributed by atoms with Crippen LogP contribution in [0.3, 0.4) is 0 Å². The van der Waals surface area contributed by atoms with Crippen molar-refractivity contribution in [3.8, 4) is 0 Å². The van der Waals surface area contributed by atoms with Gasteiger partial charge in [-0.3, -0.25) is 4.79 Å². The Kier molecular flexibility index (Phi) is 3.23. The molecule has 0 heterocycles. The van der Waals surface area contributed by atoms with Crippen LogP contribution in [0.1, 0.15) is 43.0 Å². The maximum Gasteiger partial charge on any atom is 0.223 e. The molecule has 0 aromatic heterocycles. The van der Waals surface area contributed by atoms with Gasteiger partial charge in [0.2, 0.25) is 5.91 Å². The van der Waals surface area contributed by atoms with Gasteiger partial charge in [-0.2, -0.15) is 0 Å². The predicted octanol–water partition coefficient (Wildman–Crippen LogP) is 3.14. The molecule has 1 aromatic rings. The summed E-state index contributed by atoms with van der Waals surface area (Å²) in [5, 5.41) is 3.12. The molecule has 2 heteroatoms. The van der Waals surface area contributed by atoms with Gasteiger partial charge in [-0.1, -0.05) is 30.7 Å². The Hall–Kier alpha value is -1.31. The lowest BCUT2D eigenvalue weighted by Gasteiger charge is -2.17. The first-order chi connectivity index (χ1) is 7.99. The third-order valence-electron chi connectivity index (χ3n) is 3.71. The molecule has 0 radical (unpaired) electrons. The average molecular weight is 231 g/mol. The lowest BCUT2D eigenvalue weighted by Crippen LogP contribution is -2.28. The number of hydrogen-bond donors (Lipinski definition) is 1. The summed E-state index contributed by atoms with van der Waals surface area (Å²) in [4.78, 5) is 11.9. The zero-order valence-corrected chi connectivity index (χ0v) is 11.1. The lowest BCUT2D eigenvalue weighted by atomic mass is 10.00. The van der Waals surface area contributed by atoms with E-state index in [0.717, 1.165) is 6.42 Å². The van der Waals surface area contributed by atoms with Crippen molar-refractivity contribution < 1.29 is 4.79 Å². The van der Waals surface area contributed by atoms with E-state index in [-0.39, 0.29) is 17.9 Å². The fourth-order valence-electron chi connectivity index (χ4n) is 2.31. The minimum absolute atomic E-state index is 0.107. The van der Waals surface area contributed by atoms with Crippen molar-refractivity contribution >= 4 is 5.91 Å². The first kappa shape index (κ1) is 12.2. The summed E-state index contributed by atoms with van der Waals surface area (Å²) in [5.41, 5.74) is 3.71. The van der Waals surface area contributed by atoms with Crippen LogP contribution in [0.15, 0.2) is 18.2 Å². The second kappa shape index (κ2) is 4.52. The highest BCUT2D eigenvalue weighted by Crippen LogP contribution is 2.38. The summed E-state index contributed by atoms with van der Waals surface area (Å²) in [7, 11) is 0. The molecule has 1 aliphatic carbocycles. The smallest absolute Gasteiger partial charge is 0.223 e. The van der Waals surface area contributed by atoms with Crippen molar-refractivity contribution in [2.75, 3.05) is 0 Å². The van der Waals surface area contributed by atoms with Gasteiger partial charge in [0, 0.05) is 5.92 Å². The minimum atomic E-state index is 0.107. The second-order valence-electron chi connectivity index (χ2n) is 5.41. The van der Waals surface area contributed by atoms with Crippen molar-refractivity contribution in [1.82, 2.24) is 5.32 Å². The first-order valence-electron chi connectivity index (χ1n) is 6.36. The average Bonchev–Trinajstić information content (AvgIpc) is 2.99. The second-order valence-corrected chi connectivity index (χ2v) is 5.41. The fourth-order valence-corrected chi connectivity index (χ4v) is 2.31. The molecule has 0 saturated heterocycles. The number of carbonyl (C=O) groups excluding carboxylic acids is 1. The number of benzene rings is 1. The standard InChI is InChI=1S/C15H21NO/c1-9-5-6-10(2)13(7-9)12(4)16-15(17)14-8-11(14)3/h5-7,11-12,14H,8H2,1-4H3,(H,16,17)/t11-,12-,14+/m0/s1. The summed E-state index contributed by atoms with van der Waals surface area (Å²) in [6, 6.07) is 6.50. The van der Waals surface area contributed by atoms with Crippen LogP contribution < -0.4 is 5.32 Å². The van der Waals surface area contributed by atoms with Crippen LogP contribution in [0.5, 0.6) is 0 Å². The van der Waals surface area contributed by atoms with Crippen LogP contribution >= 0.6 is 0 Å². The highest BCUT2D eigenvalue weighted by atomic mass is 16.2. The molecule has 92 valence electrons. The molecule has 2 rings (SSSR count). The topological polar surface area (TPSA) is 29.1 Å². The molecule has 1 fully saturated rings. The van der Waals surface area contributed by atoms with Crippen LogP contribution in [0.25, 0.3) is 0 Å². The van der Waals surface area contributed by atoms with Gasteiger partial charge in [-0.15, -0.1) is 0 Å². The maximum atomic E-state index is 11.9. The van der Waals surface area contributed by atoms with Crippen LogP contribution in [-0.4, -0.2) is 5.91 Å². The van der Waals surface area contributed by atoms with Gasteiger partial charge in [-0.25, -0.2) is 0 Å². The maximum absolute atomic E-state index is 11.9. The molecule has 1 amide bonds. The van der Waals surface area contributed by atoms with Crippen LogP contribution in [-0.2, 0) is 4.79 Å². The van der Waals surface area contributed by atoms with E-state index >= 15 is 0 Å².